The molecule has 6 nitrogen and oxygen atoms in total. The molecule has 1 aromatic rings. The minimum absolute atomic E-state index is 0.195. The summed E-state index contributed by atoms with van der Waals surface area (Å²) in [4.78, 5) is 37.7. The highest BCUT2D eigenvalue weighted by Gasteiger charge is 2.61. The molecule has 3 amide bonds. The summed E-state index contributed by atoms with van der Waals surface area (Å²) < 4.78 is 5.18. The number of hydrogen-bond donors (Lipinski definition) is 1. The summed E-state index contributed by atoms with van der Waals surface area (Å²) in [5, 5.41) is 2.73. The molecule has 0 aliphatic carbocycles. The number of methoxy groups -OCH3 is 1. The third-order valence-electron chi connectivity index (χ3n) is 4.29. The third kappa shape index (κ3) is 1.82. The summed E-state index contributed by atoms with van der Waals surface area (Å²) in [6.45, 7) is 0. The molecule has 2 heterocycles. The van der Waals surface area contributed by atoms with Gasteiger partial charge in [0, 0.05) is 13.5 Å². The van der Waals surface area contributed by atoms with Crippen LogP contribution in [0.25, 0.3) is 0 Å². The molecular weight excluding hydrogens is 272 g/mol. The molecule has 110 valence electrons. The number of likely N-dealkylation sites (N-methyl/N-ethyl adjacent to an activating group) is 1. The van der Waals surface area contributed by atoms with Crippen molar-refractivity contribution in [2.24, 2.45) is 0 Å². The zero-order chi connectivity index (χ0) is 15.2. The van der Waals surface area contributed by atoms with Crippen molar-refractivity contribution < 1.29 is 19.1 Å². The van der Waals surface area contributed by atoms with E-state index in [1.165, 1.54) is 7.05 Å². The third-order valence-corrected chi connectivity index (χ3v) is 4.29. The van der Waals surface area contributed by atoms with E-state index in [-0.39, 0.29) is 24.1 Å². The van der Waals surface area contributed by atoms with Crippen LogP contribution in [-0.2, 0) is 14.4 Å². The van der Waals surface area contributed by atoms with Crippen molar-refractivity contribution in [1.82, 2.24) is 10.2 Å². The maximum absolute atomic E-state index is 12.5. The molecule has 21 heavy (non-hydrogen) atoms. The molecule has 0 unspecified atom stereocenters. The molecule has 2 saturated heterocycles. The van der Waals surface area contributed by atoms with Crippen LogP contribution in [0.15, 0.2) is 24.3 Å². The van der Waals surface area contributed by atoms with Crippen molar-refractivity contribution >= 4 is 17.7 Å². The van der Waals surface area contributed by atoms with Crippen LogP contribution in [0.3, 0.4) is 0 Å². The van der Waals surface area contributed by atoms with E-state index in [2.05, 4.69) is 5.32 Å². The Balaban J connectivity index is 2.11. The van der Waals surface area contributed by atoms with E-state index in [1.54, 1.807) is 31.4 Å². The van der Waals surface area contributed by atoms with Gasteiger partial charge in [-0.25, -0.2) is 0 Å². The molecule has 6 heteroatoms. The number of nitrogens with one attached hydrogen (secondary N) is 1. The lowest BCUT2D eigenvalue weighted by Gasteiger charge is -2.26. The zero-order valence-electron chi connectivity index (χ0n) is 11.9. The second-order valence-electron chi connectivity index (χ2n) is 5.43. The molecule has 3 rings (SSSR count). The Labute approximate surface area is 122 Å². The molecule has 1 aromatic carbocycles. The lowest BCUT2D eigenvalue weighted by atomic mass is 9.80. The number of amides is 3. The first-order valence-electron chi connectivity index (χ1n) is 6.76. The molecule has 2 aliphatic heterocycles. The Bertz CT molecular complexity index is 642. The van der Waals surface area contributed by atoms with E-state index in [4.69, 9.17) is 4.74 Å². The fourth-order valence-corrected chi connectivity index (χ4v) is 3.24. The van der Waals surface area contributed by atoms with Crippen molar-refractivity contribution in [3.8, 4) is 5.75 Å². The number of likely N-dealkylation sites (tertiary alicyclic amines) is 1. The first-order chi connectivity index (χ1) is 9.99. The maximum atomic E-state index is 12.5. The lowest BCUT2D eigenvalue weighted by molar-refractivity contribution is -0.139. The predicted octanol–water partition coefficient (Wildman–Crippen LogP) is 0.426. The van der Waals surface area contributed by atoms with Gasteiger partial charge in [0.05, 0.1) is 13.0 Å². The number of carbonyl (C=O) groups excluding carboxylic acids is 3. The number of nitrogens with zero attached hydrogens (tertiary/aromatic N) is 1. The fourth-order valence-electron chi connectivity index (χ4n) is 3.24. The number of imide groups is 1. The minimum Gasteiger partial charge on any atom is -0.497 e. The van der Waals surface area contributed by atoms with Crippen LogP contribution in [-0.4, -0.2) is 42.3 Å². The van der Waals surface area contributed by atoms with E-state index >= 15 is 0 Å². The average molecular weight is 288 g/mol. The Morgan fingerprint density at radius 2 is 2.10 bits per heavy atom. The SMILES string of the molecule is COc1cccc([C@H]2C(=O)N(C)C(=O)[C@@]23CCC(=O)N3)c1. The molecule has 2 fully saturated rings. The van der Waals surface area contributed by atoms with Crippen LogP contribution in [0.5, 0.6) is 5.75 Å². The zero-order valence-corrected chi connectivity index (χ0v) is 11.9. The van der Waals surface area contributed by atoms with E-state index < -0.39 is 11.5 Å². The van der Waals surface area contributed by atoms with Gasteiger partial charge in [0.1, 0.15) is 11.3 Å². The number of rotatable bonds is 2. The molecule has 0 aromatic heterocycles. The van der Waals surface area contributed by atoms with Crippen LogP contribution >= 0.6 is 0 Å². The lowest BCUT2D eigenvalue weighted by Crippen LogP contribution is -2.51. The minimum atomic E-state index is -1.14. The predicted molar refractivity (Wildman–Crippen MR) is 73.6 cm³/mol. The van der Waals surface area contributed by atoms with Crippen LogP contribution in [0, 0.1) is 0 Å². The average Bonchev–Trinajstić information content (AvgIpc) is 2.95. The van der Waals surface area contributed by atoms with Gasteiger partial charge in [-0.05, 0) is 24.1 Å². The molecule has 1 N–H and O–H groups in total. The largest absolute Gasteiger partial charge is 0.497 e. The quantitative estimate of drug-likeness (QED) is 0.801. The van der Waals surface area contributed by atoms with Crippen molar-refractivity contribution in [2.45, 2.75) is 24.3 Å². The molecule has 2 atom stereocenters. The monoisotopic (exact) mass is 288 g/mol. The smallest absolute Gasteiger partial charge is 0.255 e. The molecule has 1 spiro atoms. The standard InChI is InChI=1S/C15H16N2O4/c1-17-13(19)12(9-4-3-5-10(8-9)21-2)15(14(17)20)7-6-11(18)16-15/h3-5,8,12H,6-7H2,1-2H3,(H,16,18)/t12-,15+/m0/s1. The van der Waals surface area contributed by atoms with Gasteiger partial charge in [-0.1, -0.05) is 12.1 Å². The van der Waals surface area contributed by atoms with Gasteiger partial charge in [-0.3, -0.25) is 19.3 Å². The van der Waals surface area contributed by atoms with Crippen LogP contribution in [0.1, 0.15) is 24.3 Å². The topological polar surface area (TPSA) is 75.7 Å². The van der Waals surface area contributed by atoms with Crippen molar-refractivity contribution in [3.05, 3.63) is 29.8 Å². The second-order valence-corrected chi connectivity index (χ2v) is 5.43. The van der Waals surface area contributed by atoms with Gasteiger partial charge in [-0.2, -0.15) is 0 Å². The van der Waals surface area contributed by atoms with Crippen molar-refractivity contribution in [2.75, 3.05) is 14.2 Å². The maximum Gasteiger partial charge on any atom is 0.255 e. The first-order valence-corrected chi connectivity index (χ1v) is 6.76. The summed E-state index contributed by atoms with van der Waals surface area (Å²) in [7, 11) is 3.00. The Morgan fingerprint density at radius 3 is 2.71 bits per heavy atom. The van der Waals surface area contributed by atoms with Crippen molar-refractivity contribution in [3.63, 3.8) is 0 Å². The highest BCUT2D eigenvalue weighted by atomic mass is 16.5. The summed E-state index contributed by atoms with van der Waals surface area (Å²) in [6.07, 6.45) is 0.593. The number of hydrogen-bond acceptors (Lipinski definition) is 4. The van der Waals surface area contributed by atoms with Gasteiger partial charge < -0.3 is 10.1 Å². The molecular formula is C15H16N2O4. The number of ether oxygens (including phenoxy) is 1. The number of benzene rings is 1. The van der Waals surface area contributed by atoms with E-state index in [1.807, 2.05) is 0 Å². The van der Waals surface area contributed by atoms with Gasteiger partial charge in [0.2, 0.25) is 11.8 Å². The van der Waals surface area contributed by atoms with E-state index in [0.29, 0.717) is 17.7 Å². The Hall–Kier alpha value is -2.37. The van der Waals surface area contributed by atoms with Crippen LogP contribution < -0.4 is 10.1 Å². The molecule has 0 bridgehead atoms. The van der Waals surface area contributed by atoms with Crippen LogP contribution in [0.4, 0.5) is 0 Å². The second kappa shape index (κ2) is 4.58. The normalized spacial score (nSPS) is 28.4. The fraction of sp³-hybridized carbons (Fsp3) is 0.400. The van der Waals surface area contributed by atoms with E-state index in [9.17, 15) is 14.4 Å². The molecule has 0 radical (unpaired) electrons. The Morgan fingerprint density at radius 1 is 1.33 bits per heavy atom. The highest BCUT2D eigenvalue weighted by molar-refractivity contribution is 6.14. The van der Waals surface area contributed by atoms with E-state index in [0.717, 1.165) is 4.90 Å². The summed E-state index contributed by atoms with van der Waals surface area (Å²) in [5.74, 6) is -0.917. The Kier molecular flexibility index (Phi) is 2.97. The van der Waals surface area contributed by atoms with Crippen molar-refractivity contribution in [1.29, 1.82) is 0 Å². The first kappa shape index (κ1) is 13.6. The molecule has 2 aliphatic rings. The van der Waals surface area contributed by atoms with Crippen LogP contribution in [0.2, 0.25) is 0 Å². The summed E-state index contributed by atoms with van der Waals surface area (Å²) in [6, 6.07) is 7.06. The van der Waals surface area contributed by atoms with Gasteiger partial charge in [-0.15, -0.1) is 0 Å². The van der Waals surface area contributed by atoms with Gasteiger partial charge >= 0.3 is 0 Å². The number of carbonyl (C=O) groups is 3. The highest BCUT2D eigenvalue weighted by Crippen LogP contribution is 2.43. The summed E-state index contributed by atoms with van der Waals surface area (Å²) >= 11 is 0. The van der Waals surface area contributed by atoms with Gasteiger partial charge in [0.15, 0.2) is 0 Å². The summed E-state index contributed by atoms with van der Waals surface area (Å²) in [5.41, 5.74) is -0.464. The van der Waals surface area contributed by atoms with Gasteiger partial charge in [0.25, 0.3) is 5.91 Å². The molecule has 0 saturated carbocycles.